The Bertz CT molecular complexity index is 569. The normalized spacial score (nSPS) is 18.1. The van der Waals surface area contributed by atoms with Crippen LogP contribution in [0, 0.1) is 18.0 Å². The highest BCUT2D eigenvalue weighted by Crippen LogP contribution is 2.19. The molecule has 0 bridgehead atoms. The minimum atomic E-state index is -1.61. The zero-order chi connectivity index (χ0) is 15.0. The molecule has 0 saturated heterocycles. The van der Waals surface area contributed by atoms with Gasteiger partial charge in [-0.3, -0.25) is 0 Å². The molecule has 0 aromatic rings. The monoisotopic (exact) mass is 271 g/mol. The van der Waals surface area contributed by atoms with E-state index in [-0.39, 0.29) is 24.4 Å². The van der Waals surface area contributed by atoms with Crippen molar-refractivity contribution in [2.45, 2.75) is 6.32 Å². The van der Waals surface area contributed by atoms with Gasteiger partial charge in [0.1, 0.15) is 0 Å². The predicted octanol–water partition coefficient (Wildman–Crippen LogP) is -0.934. The second kappa shape index (κ2) is 8.04. The highest BCUT2D eigenvalue weighted by atomic mass is 16.5. The van der Waals surface area contributed by atoms with Gasteiger partial charge in [-0.2, -0.15) is 16.8 Å². The van der Waals surface area contributed by atoms with Crippen LogP contribution >= 0.6 is 0 Å². The molecule has 1 aliphatic carbocycles. The Balaban J connectivity index is 3.16. The molecule has 20 heavy (non-hydrogen) atoms. The summed E-state index contributed by atoms with van der Waals surface area (Å²) in [6, 6.07) is 0. The molecular formula is C10H9B2N4O4. The van der Waals surface area contributed by atoms with Gasteiger partial charge in [-0.05, 0) is 17.7 Å². The van der Waals surface area contributed by atoms with Crippen LogP contribution in [-0.4, -0.2) is 47.9 Å². The van der Waals surface area contributed by atoms with Gasteiger partial charge >= 0.3 is 14.8 Å². The quantitative estimate of drug-likeness (QED) is 0.196. The average Bonchev–Trinajstić information content (AvgIpc) is 2.40. The van der Waals surface area contributed by atoms with E-state index in [2.05, 4.69) is 15.0 Å². The lowest BCUT2D eigenvalue weighted by Gasteiger charge is -2.14. The number of nitrogens with zero attached hydrogens (tertiary/aromatic N) is 4. The smallest absolute Gasteiger partial charge is 0.429 e. The predicted molar refractivity (Wildman–Crippen MR) is 72.2 cm³/mol. The summed E-state index contributed by atoms with van der Waals surface area (Å²) < 4.78 is 4.70. The van der Waals surface area contributed by atoms with Crippen molar-refractivity contribution in [2.24, 2.45) is 10.1 Å². The Morgan fingerprint density at radius 3 is 2.65 bits per heavy atom. The van der Waals surface area contributed by atoms with Gasteiger partial charge < -0.3 is 19.7 Å². The third kappa shape index (κ3) is 4.46. The van der Waals surface area contributed by atoms with Crippen molar-refractivity contribution >= 4 is 26.2 Å². The molecule has 3 N–H and O–H groups in total. The van der Waals surface area contributed by atoms with Crippen LogP contribution in [0.25, 0.3) is 4.95 Å². The lowest BCUT2D eigenvalue weighted by molar-refractivity contribution is 0.316. The number of rotatable bonds is 5. The van der Waals surface area contributed by atoms with E-state index in [1.165, 1.54) is 12.2 Å². The van der Waals surface area contributed by atoms with Gasteiger partial charge in [-0.15, -0.1) is 4.95 Å². The summed E-state index contributed by atoms with van der Waals surface area (Å²) in [6.45, 7) is 6.68. The van der Waals surface area contributed by atoms with Gasteiger partial charge in [0, 0.05) is 11.9 Å². The molecule has 0 aliphatic heterocycles. The fraction of sp³-hybridized carbons (Fsp3) is 0.200. The number of aliphatic imine (C=N–C) groups is 1. The first-order valence-corrected chi connectivity index (χ1v) is 5.39. The van der Waals surface area contributed by atoms with Crippen molar-refractivity contribution in [3.63, 3.8) is 0 Å². The molecule has 1 rings (SSSR count). The first-order valence-electron chi connectivity index (χ1n) is 5.39. The highest BCUT2D eigenvalue weighted by Gasteiger charge is 2.22. The van der Waals surface area contributed by atoms with Crippen LogP contribution in [-0.2, 0) is 4.65 Å². The molecule has 0 saturated carbocycles. The van der Waals surface area contributed by atoms with E-state index in [1.807, 2.05) is 0 Å². The van der Waals surface area contributed by atoms with Crippen molar-refractivity contribution in [1.82, 2.24) is 0 Å². The summed E-state index contributed by atoms with van der Waals surface area (Å²) in [5.74, 6) is 0. The molecule has 0 aromatic carbocycles. The Labute approximate surface area is 116 Å². The van der Waals surface area contributed by atoms with Crippen LogP contribution < -0.4 is 0 Å². The lowest BCUT2D eigenvalue weighted by Crippen LogP contribution is -2.21. The van der Waals surface area contributed by atoms with Crippen LogP contribution in [0.15, 0.2) is 33.4 Å². The second-order valence-electron chi connectivity index (χ2n) is 3.62. The molecule has 0 aromatic heterocycles. The van der Waals surface area contributed by atoms with E-state index < -0.39 is 7.12 Å². The molecule has 10 heteroatoms. The Morgan fingerprint density at radius 1 is 1.40 bits per heavy atom. The largest absolute Gasteiger partial charge is 0.485 e. The summed E-state index contributed by atoms with van der Waals surface area (Å²) >= 11 is 0. The van der Waals surface area contributed by atoms with Crippen molar-refractivity contribution in [3.8, 4) is 6.19 Å². The molecule has 0 unspecified atom stereocenters. The first-order chi connectivity index (χ1) is 9.62. The third-order valence-electron chi connectivity index (χ3n) is 2.32. The van der Waals surface area contributed by atoms with E-state index in [4.69, 9.17) is 31.6 Å². The van der Waals surface area contributed by atoms with Crippen LogP contribution in [0.1, 0.15) is 0 Å². The van der Waals surface area contributed by atoms with Gasteiger partial charge in [0.05, 0.1) is 17.4 Å². The molecule has 0 atom stereocenters. The highest BCUT2D eigenvalue weighted by molar-refractivity contribution is 6.44. The number of hydrogen-bond acceptors (Lipinski definition) is 7. The van der Waals surface area contributed by atoms with Crippen molar-refractivity contribution in [3.05, 3.63) is 34.8 Å². The maximum Gasteiger partial charge on any atom is 0.485 e. The van der Waals surface area contributed by atoms with E-state index in [9.17, 15) is 0 Å². The van der Waals surface area contributed by atoms with E-state index in [0.717, 1.165) is 0 Å². The van der Waals surface area contributed by atoms with Crippen LogP contribution in [0.2, 0.25) is 6.32 Å². The van der Waals surface area contributed by atoms with Crippen LogP contribution in [0.5, 0.6) is 0 Å². The van der Waals surface area contributed by atoms with Crippen LogP contribution in [0.3, 0.4) is 0 Å². The van der Waals surface area contributed by atoms with E-state index >= 15 is 0 Å². The lowest BCUT2D eigenvalue weighted by atomic mass is 9.77. The Morgan fingerprint density at radius 2 is 2.10 bits per heavy atom. The van der Waals surface area contributed by atoms with Crippen LogP contribution in [0.4, 0.5) is 0 Å². The fourth-order valence-corrected chi connectivity index (χ4v) is 1.57. The van der Waals surface area contributed by atoms with Crippen molar-refractivity contribution in [1.29, 1.82) is 5.26 Å². The number of nitriles is 1. The van der Waals surface area contributed by atoms with E-state index in [1.54, 1.807) is 6.19 Å². The summed E-state index contributed by atoms with van der Waals surface area (Å²) in [4.78, 5) is 6.46. The molecule has 0 fully saturated rings. The molecule has 1 radical (unpaired) electrons. The van der Waals surface area contributed by atoms with Crippen molar-refractivity contribution < 1.29 is 19.7 Å². The Hall–Kier alpha value is -2.23. The minimum Gasteiger partial charge on any atom is -0.429 e. The summed E-state index contributed by atoms with van der Waals surface area (Å²) in [7, 11) is -1.12. The van der Waals surface area contributed by atoms with Gasteiger partial charge in [-0.1, -0.05) is 0 Å². The summed E-state index contributed by atoms with van der Waals surface area (Å²) in [5.41, 5.74) is 1.26. The second-order valence-corrected chi connectivity index (χ2v) is 3.62. The zero-order valence-electron chi connectivity index (χ0n) is 10.3. The molecule has 1 aliphatic rings. The topological polar surface area (TPSA) is 123 Å². The minimum absolute atomic E-state index is 0.0687. The molecule has 0 spiro atoms. The third-order valence-corrected chi connectivity index (χ3v) is 2.32. The van der Waals surface area contributed by atoms with Gasteiger partial charge in [-0.25, -0.2) is 0 Å². The van der Waals surface area contributed by atoms with Gasteiger partial charge in [0.15, 0.2) is 5.71 Å². The standard InChI is InChI=1S/C10H9B2N4O4/c1-14-16-10-2-7(4-12(18)19)9(15-6-13)3-8(10)5-20-11-17/h2-3,17-19H,4-5H2/b15-9?,16-10+. The van der Waals surface area contributed by atoms with Crippen molar-refractivity contribution in [2.75, 3.05) is 6.61 Å². The van der Waals surface area contributed by atoms with Gasteiger partial charge in [0.25, 0.3) is 0 Å². The number of allylic oxidation sites excluding steroid dienone is 3. The maximum atomic E-state index is 9.01. The molecule has 0 amide bonds. The molecule has 99 valence electrons. The molecule has 0 heterocycles. The molecular weight excluding hydrogens is 262 g/mol. The summed E-state index contributed by atoms with van der Waals surface area (Å²) in [5, 5.41) is 38.7. The fourth-order valence-electron chi connectivity index (χ4n) is 1.57. The van der Waals surface area contributed by atoms with E-state index in [0.29, 0.717) is 18.8 Å². The maximum absolute atomic E-state index is 9.01. The SMILES string of the molecule is [C-]#[N+]/N=C1\C=C(CB(O)O)C(=NC#N)C=C1CO[B]O. The first kappa shape index (κ1) is 15.8. The number of hydrogen-bond donors (Lipinski definition) is 3. The molecule has 8 nitrogen and oxygen atoms in total. The van der Waals surface area contributed by atoms with Gasteiger partial charge in [0.2, 0.25) is 6.19 Å². The zero-order valence-corrected chi connectivity index (χ0v) is 10.3. The average molecular weight is 271 g/mol. The Kier molecular flexibility index (Phi) is 6.37. The summed E-state index contributed by atoms with van der Waals surface area (Å²) in [6.07, 6.45) is 4.31.